The van der Waals surface area contributed by atoms with E-state index in [9.17, 15) is 19.4 Å². The Kier molecular flexibility index (Phi) is 6.14. The highest BCUT2D eigenvalue weighted by Gasteiger charge is 2.20. The van der Waals surface area contributed by atoms with Crippen LogP contribution in [0.1, 0.15) is 22.0 Å². The molecule has 24 heavy (non-hydrogen) atoms. The Hall–Kier alpha value is -2.15. The zero-order chi connectivity index (χ0) is 17.7. The van der Waals surface area contributed by atoms with Crippen LogP contribution >= 0.6 is 11.6 Å². The van der Waals surface area contributed by atoms with Crippen molar-refractivity contribution in [2.24, 2.45) is 0 Å². The summed E-state index contributed by atoms with van der Waals surface area (Å²) in [6, 6.07) is 9.27. The van der Waals surface area contributed by atoms with Crippen LogP contribution in [-0.4, -0.2) is 35.3 Å². The quantitative estimate of drug-likeness (QED) is 0.474. The first kappa shape index (κ1) is 18.2. The molecule has 2 N–H and O–H groups in total. The highest BCUT2D eigenvalue weighted by atomic mass is 35.5. The topological polar surface area (TPSA) is 76.0 Å². The lowest BCUT2D eigenvalue weighted by Gasteiger charge is -2.17. The highest BCUT2D eigenvalue weighted by molar-refractivity contribution is 6.18. The number of hydrogen-bond donors (Lipinski definition) is 2. The Bertz CT molecular complexity index is 705. The number of aliphatic hydroxyl groups is 2. The Morgan fingerprint density at radius 2 is 1.83 bits per heavy atom. The predicted octanol–water partition coefficient (Wildman–Crippen LogP) is 2.69. The lowest BCUT2D eigenvalue weighted by Crippen LogP contribution is -2.19. The SMILES string of the molecule is COc1cc(C(O)C(O)CCl)ccc1OC(=O)c1ccc(F)cc1. The summed E-state index contributed by atoms with van der Waals surface area (Å²) in [6.07, 6.45) is -2.33. The minimum absolute atomic E-state index is 0.128. The first-order valence-corrected chi connectivity index (χ1v) is 7.57. The lowest BCUT2D eigenvalue weighted by atomic mass is 10.0. The fourth-order valence-electron chi connectivity index (χ4n) is 2.00. The molecule has 0 aliphatic heterocycles. The van der Waals surface area contributed by atoms with Crippen LogP contribution in [0, 0.1) is 5.82 Å². The molecule has 0 radical (unpaired) electrons. The molecule has 0 amide bonds. The van der Waals surface area contributed by atoms with E-state index in [0.717, 1.165) is 12.1 Å². The van der Waals surface area contributed by atoms with Gasteiger partial charge in [0.2, 0.25) is 0 Å². The van der Waals surface area contributed by atoms with E-state index in [2.05, 4.69) is 0 Å². The lowest BCUT2D eigenvalue weighted by molar-refractivity contribution is 0.0325. The van der Waals surface area contributed by atoms with Gasteiger partial charge in [0.15, 0.2) is 11.5 Å². The Labute approximate surface area is 143 Å². The third kappa shape index (κ3) is 4.23. The molecule has 0 fully saturated rings. The van der Waals surface area contributed by atoms with Crippen molar-refractivity contribution in [2.75, 3.05) is 13.0 Å². The molecule has 2 aromatic carbocycles. The van der Waals surface area contributed by atoms with Crippen LogP contribution in [0.15, 0.2) is 42.5 Å². The van der Waals surface area contributed by atoms with Crippen LogP contribution in [0.3, 0.4) is 0 Å². The van der Waals surface area contributed by atoms with E-state index in [1.54, 1.807) is 0 Å². The number of benzene rings is 2. The zero-order valence-corrected chi connectivity index (χ0v) is 13.5. The van der Waals surface area contributed by atoms with Crippen LogP contribution in [0.2, 0.25) is 0 Å². The second kappa shape index (κ2) is 8.10. The molecule has 2 aromatic rings. The first-order chi connectivity index (χ1) is 11.5. The summed E-state index contributed by atoms with van der Waals surface area (Å²) in [5.41, 5.74) is 0.543. The highest BCUT2D eigenvalue weighted by Crippen LogP contribution is 2.32. The normalized spacial score (nSPS) is 13.2. The first-order valence-electron chi connectivity index (χ1n) is 7.04. The van der Waals surface area contributed by atoms with Gasteiger partial charge in [0.25, 0.3) is 0 Å². The molecule has 0 heterocycles. The van der Waals surface area contributed by atoms with Crippen molar-refractivity contribution in [3.8, 4) is 11.5 Å². The number of aliphatic hydroxyl groups excluding tert-OH is 2. The van der Waals surface area contributed by atoms with Gasteiger partial charge in [-0.2, -0.15) is 0 Å². The maximum Gasteiger partial charge on any atom is 0.343 e. The molecule has 7 heteroatoms. The number of hydrogen-bond acceptors (Lipinski definition) is 5. The Morgan fingerprint density at radius 3 is 2.42 bits per heavy atom. The summed E-state index contributed by atoms with van der Waals surface area (Å²) in [7, 11) is 1.37. The van der Waals surface area contributed by atoms with Gasteiger partial charge in [0.05, 0.1) is 24.7 Å². The monoisotopic (exact) mass is 354 g/mol. The van der Waals surface area contributed by atoms with Crippen LogP contribution in [-0.2, 0) is 0 Å². The zero-order valence-electron chi connectivity index (χ0n) is 12.8. The molecular weight excluding hydrogens is 339 g/mol. The molecule has 0 aromatic heterocycles. The standard InChI is InChI=1S/C17H16ClFO5/c1-23-15-8-11(16(21)13(20)9-18)4-7-14(15)24-17(22)10-2-5-12(19)6-3-10/h2-8,13,16,20-21H,9H2,1H3. The largest absolute Gasteiger partial charge is 0.493 e. The number of methoxy groups -OCH3 is 1. The molecular formula is C17H16ClFO5. The minimum atomic E-state index is -1.20. The number of carbonyl (C=O) groups excluding carboxylic acids is 1. The van der Waals surface area contributed by atoms with Gasteiger partial charge in [-0.05, 0) is 42.0 Å². The molecule has 0 spiro atoms. The molecule has 0 saturated heterocycles. The number of rotatable bonds is 6. The third-order valence-corrected chi connectivity index (χ3v) is 3.65. The molecule has 5 nitrogen and oxygen atoms in total. The second-order valence-electron chi connectivity index (χ2n) is 4.97. The van der Waals surface area contributed by atoms with Crippen molar-refractivity contribution < 1.29 is 28.9 Å². The van der Waals surface area contributed by atoms with E-state index in [1.165, 1.54) is 37.4 Å². The van der Waals surface area contributed by atoms with Gasteiger partial charge in [0, 0.05) is 0 Å². The molecule has 0 saturated carbocycles. The van der Waals surface area contributed by atoms with Crippen LogP contribution in [0.4, 0.5) is 4.39 Å². The van der Waals surface area contributed by atoms with E-state index in [0.29, 0.717) is 5.56 Å². The van der Waals surface area contributed by atoms with Gasteiger partial charge in [-0.1, -0.05) is 6.07 Å². The predicted molar refractivity (Wildman–Crippen MR) is 86.0 cm³/mol. The van der Waals surface area contributed by atoms with Gasteiger partial charge in [-0.3, -0.25) is 0 Å². The van der Waals surface area contributed by atoms with Crippen LogP contribution in [0.25, 0.3) is 0 Å². The van der Waals surface area contributed by atoms with Crippen molar-refractivity contribution in [1.82, 2.24) is 0 Å². The van der Waals surface area contributed by atoms with E-state index < -0.39 is 24.0 Å². The fraction of sp³-hybridized carbons (Fsp3) is 0.235. The minimum Gasteiger partial charge on any atom is -0.493 e. The van der Waals surface area contributed by atoms with Gasteiger partial charge in [-0.25, -0.2) is 9.18 Å². The van der Waals surface area contributed by atoms with Gasteiger partial charge in [-0.15, -0.1) is 11.6 Å². The van der Waals surface area contributed by atoms with E-state index in [-0.39, 0.29) is 22.9 Å². The van der Waals surface area contributed by atoms with Crippen LogP contribution in [0.5, 0.6) is 11.5 Å². The Balaban J connectivity index is 2.21. The summed E-state index contributed by atoms with van der Waals surface area (Å²) in [4.78, 5) is 12.1. The molecule has 0 bridgehead atoms. The fourth-order valence-corrected chi connectivity index (χ4v) is 2.17. The van der Waals surface area contributed by atoms with Gasteiger partial charge >= 0.3 is 5.97 Å². The molecule has 128 valence electrons. The third-order valence-electron chi connectivity index (χ3n) is 3.33. The Morgan fingerprint density at radius 1 is 1.17 bits per heavy atom. The number of alkyl halides is 1. The van der Waals surface area contributed by atoms with Crippen molar-refractivity contribution >= 4 is 17.6 Å². The number of halogens is 2. The molecule has 2 unspecified atom stereocenters. The average molecular weight is 355 g/mol. The summed E-state index contributed by atoms with van der Waals surface area (Å²) in [6.45, 7) is 0. The average Bonchev–Trinajstić information content (AvgIpc) is 2.61. The molecule has 2 rings (SSSR count). The summed E-state index contributed by atoms with van der Waals surface area (Å²) < 4.78 is 23.3. The van der Waals surface area contributed by atoms with Crippen molar-refractivity contribution in [3.05, 3.63) is 59.4 Å². The number of esters is 1. The maximum absolute atomic E-state index is 12.9. The molecule has 2 atom stereocenters. The van der Waals surface area contributed by atoms with Crippen molar-refractivity contribution in [1.29, 1.82) is 0 Å². The van der Waals surface area contributed by atoms with Gasteiger partial charge < -0.3 is 19.7 Å². The van der Waals surface area contributed by atoms with E-state index in [1.807, 2.05) is 0 Å². The second-order valence-corrected chi connectivity index (χ2v) is 5.28. The summed E-state index contributed by atoms with van der Waals surface area (Å²) in [5.74, 6) is -0.945. The van der Waals surface area contributed by atoms with Crippen molar-refractivity contribution in [3.63, 3.8) is 0 Å². The van der Waals surface area contributed by atoms with Crippen molar-refractivity contribution in [2.45, 2.75) is 12.2 Å². The number of ether oxygens (including phenoxy) is 2. The summed E-state index contributed by atoms with van der Waals surface area (Å²) in [5, 5.41) is 19.5. The smallest absolute Gasteiger partial charge is 0.343 e. The maximum atomic E-state index is 12.9. The van der Waals surface area contributed by atoms with Gasteiger partial charge in [0.1, 0.15) is 11.9 Å². The van der Waals surface area contributed by atoms with Crippen LogP contribution < -0.4 is 9.47 Å². The van der Waals surface area contributed by atoms with E-state index >= 15 is 0 Å². The molecule has 0 aliphatic rings. The number of carbonyl (C=O) groups is 1. The molecule has 0 aliphatic carbocycles. The summed E-state index contributed by atoms with van der Waals surface area (Å²) >= 11 is 5.51. The van der Waals surface area contributed by atoms with E-state index in [4.69, 9.17) is 21.1 Å².